The molecule has 0 atom stereocenters. The highest BCUT2D eigenvalue weighted by molar-refractivity contribution is 6.10. The van der Waals surface area contributed by atoms with Gasteiger partial charge in [-0.05, 0) is 55.4 Å². The number of carbonyl (C=O) groups is 1. The lowest BCUT2D eigenvalue weighted by Crippen LogP contribution is -2.17. The molecule has 0 radical (unpaired) electrons. The minimum absolute atomic E-state index is 0.0733. The number of amides is 1. The van der Waals surface area contributed by atoms with Crippen LogP contribution in [0, 0.1) is 0 Å². The van der Waals surface area contributed by atoms with Crippen molar-refractivity contribution in [2.75, 3.05) is 16.8 Å². The zero-order valence-electron chi connectivity index (χ0n) is 19.5. The molecule has 0 fully saturated rings. The van der Waals surface area contributed by atoms with Crippen LogP contribution >= 0.6 is 0 Å². The highest BCUT2D eigenvalue weighted by Crippen LogP contribution is 2.41. The maximum absolute atomic E-state index is 12.4. The minimum Gasteiger partial charge on any atom is -0.454 e. The Bertz CT molecular complexity index is 1700. The van der Waals surface area contributed by atoms with Crippen LogP contribution < -0.4 is 16.0 Å². The molecule has 0 unspecified atom stereocenters. The molecule has 3 heterocycles. The van der Waals surface area contributed by atoms with Crippen LogP contribution in [-0.4, -0.2) is 27.0 Å². The zero-order chi connectivity index (χ0) is 24.5. The molecule has 36 heavy (non-hydrogen) atoms. The molecule has 6 rings (SSSR count). The SMILES string of the molecule is NCCCC(=O)Nc1cccc(N(c2cccc3c2oc2ccccc23)c2nccc3ccnn23)c1. The summed E-state index contributed by atoms with van der Waals surface area (Å²) in [5.74, 6) is 0.521. The number of para-hydroxylation sites is 2. The van der Waals surface area contributed by atoms with Crippen molar-refractivity contribution in [3.05, 3.63) is 91.3 Å². The summed E-state index contributed by atoms with van der Waals surface area (Å²) in [6.07, 6.45) is 4.51. The highest BCUT2D eigenvalue weighted by atomic mass is 16.3. The molecule has 0 bridgehead atoms. The number of hydrogen-bond donors (Lipinski definition) is 2. The van der Waals surface area contributed by atoms with Gasteiger partial charge in [-0.15, -0.1) is 0 Å². The van der Waals surface area contributed by atoms with E-state index in [1.54, 1.807) is 16.9 Å². The Labute approximate surface area is 207 Å². The van der Waals surface area contributed by atoms with Crippen LogP contribution in [0.15, 0.2) is 95.7 Å². The Kier molecular flexibility index (Phi) is 5.55. The number of carbonyl (C=O) groups excluding carboxylic acids is 1. The molecule has 0 saturated carbocycles. The van der Waals surface area contributed by atoms with Crippen LogP contribution in [0.1, 0.15) is 12.8 Å². The molecule has 8 nitrogen and oxygen atoms in total. The average Bonchev–Trinajstić information content (AvgIpc) is 3.54. The maximum Gasteiger partial charge on any atom is 0.236 e. The topological polar surface area (TPSA) is 102 Å². The van der Waals surface area contributed by atoms with Gasteiger partial charge >= 0.3 is 0 Å². The molecule has 3 aromatic heterocycles. The third-order valence-corrected chi connectivity index (χ3v) is 6.12. The van der Waals surface area contributed by atoms with E-state index in [0.717, 1.165) is 38.8 Å². The van der Waals surface area contributed by atoms with Crippen LogP contribution in [0.25, 0.3) is 27.5 Å². The van der Waals surface area contributed by atoms with E-state index in [-0.39, 0.29) is 5.91 Å². The van der Waals surface area contributed by atoms with Crippen molar-refractivity contribution in [3.8, 4) is 0 Å². The summed E-state index contributed by atoms with van der Waals surface area (Å²) in [5, 5.41) is 9.55. The van der Waals surface area contributed by atoms with Gasteiger partial charge in [0.05, 0.1) is 23.1 Å². The lowest BCUT2D eigenvalue weighted by atomic mass is 10.1. The van der Waals surface area contributed by atoms with Gasteiger partial charge in [-0.3, -0.25) is 9.69 Å². The number of fused-ring (bicyclic) bond motifs is 4. The Hall–Kier alpha value is -4.69. The number of nitrogens with two attached hydrogens (primary N) is 1. The van der Waals surface area contributed by atoms with E-state index in [4.69, 9.17) is 15.1 Å². The van der Waals surface area contributed by atoms with Crippen molar-refractivity contribution >= 4 is 56.4 Å². The van der Waals surface area contributed by atoms with E-state index < -0.39 is 0 Å². The monoisotopic (exact) mass is 476 g/mol. The van der Waals surface area contributed by atoms with Gasteiger partial charge in [0.1, 0.15) is 5.58 Å². The van der Waals surface area contributed by atoms with Gasteiger partial charge in [-0.2, -0.15) is 9.61 Å². The van der Waals surface area contributed by atoms with Crippen LogP contribution in [0.4, 0.5) is 23.0 Å². The molecule has 0 aliphatic heterocycles. The summed E-state index contributed by atoms with van der Waals surface area (Å²) in [4.78, 5) is 19.1. The highest BCUT2D eigenvalue weighted by Gasteiger charge is 2.22. The Morgan fingerprint density at radius 2 is 1.81 bits per heavy atom. The third-order valence-electron chi connectivity index (χ3n) is 6.12. The zero-order valence-corrected chi connectivity index (χ0v) is 19.5. The molecule has 0 aliphatic rings. The molecule has 0 aliphatic carbocycles. The first-order valence-electron chi connectivity index (χ1n) is 11.8. The molecule has 3 N–H and O–H groups in total. The Morgan fingerprint density at radius 3 is 2.72 bits per heavy atom. The summed E-state index contributed by atoms with van der Waals surface area (Å²) in [6, 6.07) is 25.6. The summed E-state index contributed by atoms with van der Waals surface area (Å²) >= 11 is 0. The lowest BCUT2D eigenvalue weighted by molar-refractivity contribution is -0.116. The van der Waals surface area contributed by atoms with Crippen LogP contribution in [0.3, 0.4) is 0 Å². The van der Waals surface area contributed by atoms with Crippen LogP contribution in [0.5, 0.6) is 0 Å². The molecule has 6 aromatic rings. The summed E-state index contributed by atoms with van der Waals surface area (Å²) in [6.45, 7) is 0.474. The smallest absolute Gasteiger partial charge is 0.236 e. The molecular formula is C28H24N6O2. The number of nitrogens with zero attached hydrogens (tertiary/aromatic N) is 4. The summed E-state index contributed by atoms with van der Waals surface area (Å²) in [7, 11) is 0. The van der Waals surface area contributed by atoms with Crippen molar-refractivity contribution in [2.24, 2.45) is 5.73 Å². The first-order valence-corrected chi connectivity index (χ1v) is 11.8. The molecule has 8 heteroatoms. The Morgan fingerprint density at radius 1 is 0.972 bits per heavy atom. The van der Waals surface area contributed by atoms with Gasteiger partial charge in [0.2, 0.25) is 11.9 Å². The van der Waals surface area contributed by atoms with Crippen molar-refractivity contribution in [1.29, 1.82) is 0 Å². The van der Waals surface area contributed by atoms with Crippen LogP contribution in [-0.2, 0) is 4.79 Å². The number of benzene rings is 3. The van der Waals surface area contributed by atoms with E-state index in [1.807, 2.05) is 71.6 Å². The second-order valence-corrected chi connectivity index (χ2v) is 8.49. The lowest BCUT2D eigenvalue weighted by Gasteiger charge is -2.25. The van der Waals surface area contributed by atoms with Crippen LogP contribution in [0.2, 0.25) is 0 Å². The largest absolute Gasteiger partial charge is 0.454 e. The van der Waals surface area contributed by atoms with Gasteiger partial charge < -0.3 is 15.5 Å². The number of aromatic nitrogens is 3. The maximum atomic E-state index is 12.4. The predicted octanol–water partition coefficient (Wildman–Crippen LogP) is 5.78. The van der Waals surface area contributed by atoms with E-state index in [0.29, 0.717) is 31.0 Å². The molecule has 3 aromatic carbocycles. The van der Waals surface area contributed by atoms with E-state index >= 15 is 0 Å². The molecule has 1 amide bonds. The standard InChI is InChI=1S/C28H24N6O2/c29-15-5-12-26(35)32-19-6-3-7-21(18-19)33(28-30-16-13-20-14-17-31-34(20)28)24-10-4-9-23-22-8-1-2-11-25(22)36-27(23)24/h1-4,6-11,13-14,16-18H,5,12,15,29H2,(H,32,35). The van der Waals surface area contributed by atoms with E-state index in [9.17, 15) is 4.79 Å². The van der Waals surface area contributed by atoms with E-state index in [1.165, 1.54) is 0 Å². The second-order valence-electron chi connectivity index (χ2n) is 8.49. The molecule has 0 spiro atoms. The summed E-state index contributed by atoms with van der Waals surface area (Å²) in [5.41, 5.74) is 10.3. The van der Waals surface area contributed by atoms with Gasteiger partial charge in [-0.1, -0.05) is 36.4 Å². The third kappa shape index (κ3) is 3.83. The van der Waals surface area contributed by atoms with Gasteiger partial charge in [0, 0.05) is 29.1 Å². The molecular weight excluding hydrogens is 452 g/mol. The first-order chi connectivity index (χ1) is 17.7. The fourth-order valence-corrected chi connectivity index (χ4v) is 4.47. The summed E-state index contributed by atoms with van der Waals surface area (Å²) < 4.78 is 8.15. The van der Waals surface area contributed by atoms with Crippen molar-refractivity contribution in [2.45, 2.75) is 12.8 Å². The normalized spacial score (nSPS) is 11.4. The van der Waals surface area contributed by atoms with Crippen molar-refractivity contribution in [1.82, 2.24) is 14.6 Å². The fraction of sp³-hybridized carbons (Fsp3) is 0.107. The van der Waals surface area contributed by atoms with Gasteiger partial charge in [0.25, 0.3) is 0 Å². The van der Waals surface area contributed by atoms with E-state index in [2.05, 4.69) is 22.5 Å². The van der Waals surface area contributed by atoms with Crippen molar-refractivity contribution in [3.63, 3.8) is 0 Å². The number of nitrogens with one attached hydrogen (secondary N) is 1. The Balaban J connectivity index is 1.55. The number of anilines is 4. The number of furan rings is 1. The molecule has 178 valence electrons. The van der Waals surface area contributed by atoms with Gasteiger partial charge in [-0.25, -0.2) is 4.98 Å². The quantitative estimate of drug-likeness (QED) is 0.303. The molecule has 0 saturated heterocycles. The van der Waals surface area contributed by atoms with Crippen molar-refractivity contribution < 1.29 is 9.21 Å². The minimum atomic E-state index is -0.0733. The first kappa shape index (κ1) is 21.8. The second kappa shape index (κ2) is 9.16. The number of rotatable bonds is 7. The average molecular weight is 477 g/mol. The fourth-order valence-electron chi connectivity index (χ4n) is 4.47. The predicted molar refractivity (Wildman–Crippen MR) is 142 cm³/mol. The van der Waals surface area contributed by atoms with Gasteiger partial charge in [0.15, 0.2) is 5.58 Å². The number of hydrogen-bond acceptors (Lipinski definition) is 6.